The first-order valence-electron chi connectivity index (χ1n) is 9.11. The lowest BCUT2D eigenvalue weighted by Crippen LogP contribution is -2.32. The third-order valence-corrected chi connectivity index (χ3v) is 5.97. The van der Waals surface area contributed by atoms with Crippen LogP contribution in [0.3, 0.4) is 0 Å². The summed E-state index contributed by atoms with van der Waals surface area (Å²) < 4.78 is 0. The largest absolute Gasteiger partial charge is 0.298 e. The number of halogens is 1. The lowest BCUT2D eigenvalue weighted by atomic mass is 9.99. The Balaban J connectivity index is 1.41. The molecule has 7 heteroatoms. The SMILES string of the molecule is CC1CCN(Cc2csc(NC(=O)c3ccc4nc(Cl)ccc4c3)n2)CC1. The van der Waals surface area contributed by atoms with E-state index in [2.05, 4.69) is 27.1 Å². The van der Waals surface area contributed by atoms with Gasteiger partial charge in [-0.1, -0.05) is 18.5 Å². The van der Waals surface area contributed by atoms with E-state index in [0.717, 1.165) is 42.1 Å². The summed E-state index contributed by atoms with van der Waals surface area (Å²) in [5, 5.41) is 6.89. The third-order valence-electron chi connectivity index (χ3n) is 4.95. The summed E-state index contributed by atoms with van der Waals surface area (Å²) in [5.74, 6) is 0.652. The zero-order valence-electron chi connectivity index (χ0n) is 15.1. The Hall–Kier alpha value is -2.02. The Morgan fingerprint density at radius 3 is 2.89 bits per heavy atom. The second-order valence-corrected chi connectivity index (χ2v) is 8.34. The number of aromatic nitrogens is 2. The molecule has 5 nitrogen and oxygen atoms in total. The van der Waals surface area contributed by atoms with Crippen molar-refractivity contribution in [3.8, 4) is 0 Å². The Morgan fingerprint density at radius 1 is 1.26 bits per heavy atom. The fourth-order valence-corrected chi connectivity index (χ4v) is 4.15. The van der Waals surface area contributed by atoms with E-state index in [1.807, 2.05) is 17.5 Å². The molecule has 1 N–H and O–H groups in total. The average molecular weight is 401 g/mol. The van der Waals surface area contributed by atoms with Crippen molar-refractivity contribution < 1.29 is 4.79 Å². The van der Waals surface area contributed by atoms with Gasteiger partial charge in [-0.3, -0.25) is 15.0 Å². The van der Waals surface area contributed by atoms with Crippen molar-refractivity contribution in [1.29, 1.82) is 0 Å². The molecule has 3 heterocycles. The minimum Gasteiger partial charge on any atom is -0.298 e. The molecule has 27 heavy (non-hydrogen) atoms. The van der Waals surface area contributed by atoms with Crippen molar-refractivity contribution in [1.82, 2.24) is 14.9 Å². The maximum absolute atomic E-state index is 12.6. The monoisotopic (exact) mass is 400 g/mol. The van der Waals surface area contributed by atoms with Gasteiger partial charge in [0.1, 0.15) is 5.15 Å². The molecule has 1 amide bonds. The van der Waals surface area contributed by atoms with Gasteiger partial charge in [-0.15, -0.1) is 11.3 Å². The molecule has 0 bridgehead atoms. The first kappa shape index (κ1) is 18.3. The minimum absolute atomic E-state index is 0.167. The number of anilines is 1. The second-order valence-electron chi connectivity index (χ2n) is 7.10. The number of nitrogens with zero attached hydrogens (tertiary/aromatic N) is 3. The number of pyridine rings is 1. The normalized spacial score (nSPS) is 15.9. The lowest BCUT2D eigenvalue weighted by Gasteiger charge is -2.29. The molecule has 1 aliphatic rings. The van der Waals surface area contributed by atoms with Crippen LogP contribution >= 0.6 is 22.9 Å². The van der Waals surface area contributed by atoms with E-state index < -0.39 is 0 Å². The highest BCUT2D eigenvalue weighted by Crippen LogP contribution is 2.22. The summed E-state index contributed by atoms with van der Waals surface area (Å²) in [6.45, 7) is 5.40. The van der Waals surface area contributed by atoms with Gasteiger partial charge in [-0.05, 0) is 62.2 Å². The molecular formula is C20H21ClN4OS. The molecule has 0 unspecified atom stereocenters. The van der Waals surface area contributed by atoms with E-state index in [0.29, 0.717) is 15.8 Å². The van der Waals surface area contributed by atoms with Crippen molar-refractivity contribution in [2.45, 2.75) is 26.3 Å². The van der Waals surface area contributed by atoms with Gasteiger partial charge < -0.3 is 0 Å². The van der Waals surface area contributed by atoms with E-state index >= 15 is 0 Å². The van der Waals surface area contributed by atoms with Crippen molar-refractivity contribution >= 4 is 44.9 Å². The fourth-order valence-electron chi connectivity index (χ4n) is 3.30. The van der Waals surface area contributed by atoms with Gasteiger partial charge in [0.05, 0.1) is 11.2 Å². The molecule has 0 radical (unpaired) electrons. The van der Waals surface area contributed by atoms with E-state index in [1.165, 1.54) is 24.2 Å². The number of amides is 1. The first-order chi connectivity index (χ1) is 13.1. The molecule has 1 aliphatic heterocycles. The number of nitrogens with one attached hydrogen (secondary N) is 1. The van der Waals surface area contributed by atoms with Gasteiger partial charge in [-0.25, -0.2) is 9.97 Å². The lowest BCUT2D eigenvalue weighted by molar-refractivity contribution is 0.102. The summed E-state index contributed by atoms with van der Waals surface area (Å²) in [6.07, 6.45) is 2.49. The van der Waals surface area contributed by atoms with Gasteiger partial charge in [0.25, 0.3) is 5.91 Å². The number of thiazole rings is 1. The molecule has 1 saturated heterocycles. The standard InChI is InChI=1S/C20H21ClN4OS/c1-13-6-8-25(9-7-13)11-16-12-27-20(22-16)24-19(26)15-2-4-17-14(10-15)3-5-18(21)23-17/h2-5,10,12-13H,6-9,11H2,1H3,(H,22,24,26). The Bertz CT molecular complexity index is 966. The molecule has 0 aliphatic carbocycles. The highest BCUT2D eigenvalue weighted by atomic mass is 35.5. The van der Waals surface area contributed by atoms with Gasteiger partial charge in [-0.2, -0.15) is 0 Å². The van der Waals surface area contributed by atoms with Crippen molar-refractivity contribution in [2.24, 2.45) is 5.92 Å². The maximum Gasteiger partial charge on any atom is 0.257 e. The number of carbonyl (C=O) groups is 1. The molecular weight excluding hydrogens is 380 g/mol. The van der Waals surface area contributed by atoms with Crippen LogP contribution < -0.4 is 5.32 Å². The number of benzene rings is 1. The zero-order chi connectivity index (χ0) is 18.8. The van der Waals surface area contributed by atoms with Crippen LogP contribution in [0.2, 0.25) is 5.15 Å². The summed E-state index contributed by atoms with van der Waals surface area (Å²) in [4.78, 5) is 23.8. The highest BCUT2D eigenvalue weighted by Gasteiger charge is 2.17. The maximum atomic E-state index is 12.6. The smallest absolute Gasteiger partial charge is 0.257 e. The topological polar surface area (TPSA) is 58.1 Å². The van der Waals surface area contributed by atoms with Crippen LogP contribution in [-0.4, -0.2) is 33.9 Å². The van der Waals surface area contributed by atoms with E-state index in [4.69, 9.17) is 11.6 Å². The van der Waals surface area contributed by atoms with Crippen LogP contribution in [0, 0.1) is 5.92 Å². The summed E-state index contributed by atoms with van der Waals surface area (Å²) in [7, 11) is 0. The van der Waals surface area contributed by atoms with E-state index in [9.17, 15) is 4.79 Å². The Kier molecular flexibility index (Phi) is 5.38. The van der Waals surface area contributed by atoms with Crippen LogP contribution in [0.1, 0.15) is 35.8 Å². The van der Waals surface area contributed by atoms with E-state index in [1.54, 1.807) is 18.2 Å². The molecule has 0 atom stereocenters. The molecule has 140 valence electrons. The van der Waals surface area contributed by atoms with Gasteiger partial charge >= 0.3 is 0 Å². The molecule has 1 aromatic carbocycles. The number of rotatable bonds is 4. The van der Waals surface area contributed by atoms with Gasteiger partial charge in [0.15, 0.2) is 5.13 Å². The molecule has 0 spiro atoms. The second kappa shape index (κ2) is 7.92. The van der Waals surface area contributed by atoms with Crippen molar-refractivity contribution in [2.75, 3.05) is 18.4 Å². The quantitative estimate of drug-likeness (QED) is 0.637. The predicted octanol–water partition coefficient (Wildman–Crippen LogP) is 4.83. The van der Waals surface area contributed by atoms with E-state index in [-0.39, 0.29) is 5.91 Å². The number of likely N-dealkylation sites (tertiary alicyclic amines) is 1. The Labute approximate surface area is 167 Å². The first-order valence-corrected chi connectivity index (χ1v) is 10.4. The number of hydrogen-bond acceptors (Lipinski definition) is 5. The van der Waals surface area contributed by atoms with Gasteiger partial charge in [0.2, 0.25) is 0 Å². The molecule has 0 saturated carbocycles. The van der Waals surface area contributed by atoms with Crippen LogP contribution in [-0.2, 0) is 6.54 Å². The van der Waals surface area contributed by atoms with Crippen LogP contribution in [0.15, 0.2) is 35.7 Å². The zero-order valence-corrected chi connectivity index (χ0v) is 16.7. The average Bonchev–Trinajstić information content (AvgIpc) is 3.10. The molecule has 4 rings (SSSR count). The predicted molar refractivity (Wildman–Crippen MR) is 110 cm³/mol. The number of carbonyl (C=O) groups excluding carboxylic acids is 1. The molecule has 1 fully saturated rings. The summed E-state index contributed by atoms with van der Waals surface area (Å²) in [6, 6.07) is 8.96. The van der Waals surface area contributed by atoms with Crippen LogP contribution in [0.4, 0.5) is 5.13 Å². The summed E-state index contributed by atoms with van der Waals surface area (Å²) >= 11 is 7.37. The number of piperidine rings is 1. The Morgan fingerprint density at radius 2 is 2.07 bits per heavy atom. The minimum atomic E-state index is -0.167. The number of hydrogen-bond donors (Lipinski definition) is 1. The van der Waals surface area contributed by atoms with Gasteiger partial charge in [0, 0.05) is 22.9 Å². The molecule has 3 aromatic rings. The van der Waals surface area contributed by atoms with Crippen LogP contribution in [0.5, 0.6) is 0 Å². The molecule has 2 aromatic heterocycles. The van der Waals surface area contributed by atoms with Crippen molar-refractivity contribution in [3.63, 3.8) is 0 Å². The van der Waals surface area contributed by atoms with Crippen LogP contribution in [0.25, 0.3) is 10.9 Å². The third kappa shape index (κ3) is 4.46. The highest BCUT2D eigenvalue weighted by molar-refractivity contribution is 7.14. The fraction of sp³-hybridized carbons (Fsp3) is 0.350. The summed E-state index contributed by atoms with van der Waals surface area (Å²) in [5.41, 5.74) is 2.36. The van der Waals surface area contributed by atoms with Crippen molar-refractivity contribution in [3.05, 3.63) is 52.1 Å². The number of fused-ring (bicyclic) bond motifs is 1.